The molecule has 0 radical (unpaired) electrons. The molecule has 0 unspecified atom stereocenters. The van der Waals surface area contributed by atoms with Crippen LogP contribution in [0.2, 0.25) is 0 Å². The molecular weight excluding hydrogens is 318 g/mol. The van der Waals surface area contributed by atoms with Gasteiger partial charge in [-0.1, -0.05) is 12.1 Å². The van der Waals surface area contributed by atoms with E-state index in [1.807, 2.05) is 12.1 Å². The lowest BCUT2D eigenvalue weighted by atomic mass is 10.2. The van der Waals surface area contributed by atoms with Crippen LogP contribution >= 0.6 is 0 Å². The Bertz CT molecular complexity index is 925. The van der Waals surface area contributed by atoms with Crippen molar-refractivity contribution in [1.29, 1.82) is 0 Å². The number of fused-ring (bicyclic) bond motifs is 1. The fourth-order valence-corrected chi connectivity index (χ4v) is 2.66. The third-order valence-corrected chi connectivity index (χ3v) is 4.31. The zero-order valence-corrected chi connectivity index (χ0v) is 13.0. The van der Waals surface area contributed by atoms with Crippen molar-refractivity contribution in [3.8, 4) is 0 Å². The van der Waals surface area contributed by atoms with Gasteiger partial charge in [-0.05, 0) is 36.4 Å². The predicted octanol–water partition coefficient (Wildman–Crippen LogP) is 2.59. The van der Waals surface area contributed by atoms with Crippen molar-refractivity contribution in [2.45, 2.75) is 11.5 Å². The van der Waals surface area contributed by atoms with Crippen LogP contribution in [-0.2, 0) is 21.2 Å². The molecule has 0 bridgehead atoms. The summed E-state index contributed by atoms with van der Waals surface area (Å²) in [5.41, 5.74) is 1.57. The minimum atomic E-state index is -3.29. The molecule has 0 spiro atoms. The summed E-state index contributed by atoms with van der Waals surface area (Å²) in [6.45, 7) is -0.0959. The molecule has 0 saturated heterocycles. The van der Waals surface area contributed by atoms with Crippen LogP contribution < -0.4 is 0 Å². The Balaban J connectivity index is 1.69. The Labute approximate surface area is 132 Å². The van der Waals surface area contributed by atoms with E-state index in [1.165, 1.54) is 24.3 Å². The van der Waals surface area contributed by atoms with Gasteiger partial charge in [0.15, 0.2) is 22.0 Å². The van der Waals surface area contributed by atoms with Gasteiger partial charge in [-0.2, -0.15) is 0 Å². The molecule has 0 fully saturated rings. The van der Waals surface area contributed by atoms with Crippen LogP contribution in [0, 0.1) is 0 Å². The second-order valence-corrected chi connectivity index (χ2v) is 6.96. The summed E-state index contributed by atoms with van der Waals surface area (Å²) in [6.07, 6.45) is 1.10. The highest BCUT2D eigenvalue weighted by Gasteiger charge is 2.13. The topological polar surface area (TPSA) is 86.5 Å². The van der Waals surface area contributed by atoms with E-state index in [-0.39, 0.29) is 17.1 Å². The van der Waals surface area contributed by atoms with Crippen LogP contribution in [0.15, 0.2) is 57.8 Å². The van der Waals surface area contributed by atoms with E-state index in [9.17, 15) is 13.2 Å². The van der Waals surface area contributed by atoms with Crippen LogP contribution in [0.1, 0.15) is 16.2 Å². The van der Waals surface area contributed by atoms with Crippen molar-refractivity contribution in [2.75, 3.05) is 6.26 Å². The molecule has 0 saturated carbocycles. The first-order valence-electron chi connectivity index (χ1n) is 6.75. The van der Waals surface area contributed by atoms with Crippen molar-refractivity contribution in [1.82, 2.24) is 4.98 Å². The Morgan fingerprint density at radius 2 is 1.83 bits per heavy atom. The standard InChI is InChI=1S/C16H13NO5S/c1-23(19,20)12-8-6-11(7-9-12)16(18)21-10-15-17-13-4-2-3-5-14(13)22-15/h2-9H,10H2,1H3. The molecule has 23 heavy (non-hydrogen) atoms. The summed E-state index contributed by atoms with van der Waals surface area (Å²) in [5, 5.41) is 0. The van der Waals surface area contributed by atoms with Gasteiger partial charge in [0, 0.05) is 6.26 Å². The lowest BCUT2D eigenvalue weighted by Crippen LogP contribution is -2.06. The van der Waals surface area contributed by atoms with Crippen molar-refractivity contribution in [3.63, 3.8) is 0 Å². The number of hydrogen-bond acceptors (Lipinski definition) is 6. The number of para-hydroxylation sites is 2. The molecule has 2 aromatic carbocycles. The molecule has 1 heterocycles. The molecule has 0 N–H and O–H groups in total. The maximum absolute atomic E-state index is 12.0. The molecule has 7 heteroatoms. The molecular formula is C16H13NO5S. The molecule has 1 aromatic heterocycles. The van der Waals surface area contributed by atoms with Gasteiger partial charge < -0.3 is 9.15 Å². The van der Waals surface area contributed by atoms with Crippen LogP contribution in [0.4, 0.5) is 0 Å². The predicted molar refractivity (Wildman–Crippen MR) is 82.7 cm³/mol. The summed E-state index contributed by atoms with van der Waals surface area (Å²) in [6, 6.07) is 12.8. The molecule has 0 aliphatic heterocycles. The van der Waals surface area contributed by atoms with Crippen LogP contribution in [0.3, 0.4) is 0 Å². The number of nitrogens with zero attached hydrogens (tertiary/aromatic N) is 1. The Hall–Kier alpha value is -2.67. The van der Waals surface area contributed by atoms with E-state index in [1.54, 1.807) is 12.1 Å². The van der Waals surface area contributed by atoms with E-state index in [2.05, 4.69) is 4.98 Å². The lowest BCUT2D eigenvalue weighted by molar-refractivity contribution is 0.0440. The van der Waals surface area contributed by atoms with E-state index >= 15 is 0 Å². The van der Waals surface area contributed by atoms with E-state index in [4.69, 9.17) is 9.15 Å². The normalized spacial score (nSPS) is 11.5. The SMILES string of the molecule is CS(=O)(=O)c1ccc(C(=O)OCc2nc3ccccc3o2)cc1. The van der Waals surface area contributed by atoms with E-state index < -0.39 is 15.8 Å². The highest BCUT2D eigenvalue weighted by Crippen LogP contribution is 2.16. The van der Waals surface area contributed by atoms with Crippen LogP contribution in [-0.4, -0.2) is 25.6 Å². The maximum Gasteiger partial charge on any atom is 0.338 e. The lowest BCUT2D eigenvalue weighted by Gasteiger charge is -2.03. The van der Waals surface area contributed by atoms with Gasteiger partial charge in [-0.25, -0.2) is 18.2 Å². The fourth-order valence-electron chi connectivity index (χ4n) is 2.03. The molecule has 0 aliphatic rings. The molecule has 0 atom stereocenters. The van der Waals surface area contributed by atoms with Gasteiger partial charge in [0.05, 0.1) is 10.5 Å². The second-order valence-electron chi connectivity index (χ2n) is 4.95. The number of sulfone groups is 1. The number of esters is 1. The van der Waals surface area contributed by atoms with Gasteiger partial charge in [0.1, 0.15) is 5.52 Å². The largest absolute Gasteiger partial charge is 0.452 e. The van der Waals surface area contributed by atoms with Gasteiger partial charge in [-0.3, -0.25) is 0 Å². The molecule has 6 nitrogen and oxygen atoms in total. The van der Waals surface area contributed by atoms with Crippen LogP contribution in [0.25, 0.3) is 11.1 Å². The minimum Gasteiger partial charge on any atom is -0.452 e. The van der Waals surface area contributed by atoms with Gasteiger partial charge in [0.2, 0.25) is 5.89 Å². The number of benzene rings is 2. The maximum atomic E-state index is 12.0. The second kappa shape index (κ2) is 5.85. The Kier molecular flexibility index (Phi) is 3.87. The summed E-state index contributed by atoms with van der Waals surface area (Å²) in [7, 11) is -3.29. The average molecular weight is 331 g/mol. The number of carbonyl (C=O) groups excluding carboxylic acids is 1. The first kappa shape index (κ1) is 15.2. The first-order valence-corrected chi connectivity index (χ1v) is 8.64. The quantitative estimate of drug-likeness (QED) is 0.683. The molecule has 118 valence electrons. The monoisotopic (exact) mass is 331 g/mol. The zero-order valence-electron chi connectivity index (χ0n) is 12.2. The van der Waals surface area contributed by atoms with E-state index in [0.717, 1.165) is 6.26 Å². The molecule has 3 rings (SSSR count). The molecule has 3 aromatic rings. The minimum absolute atomic E-state index is 0.0959. The number of carbonyl (C=O) groups is 1. The smallest absolute Gasteiger partial charge is 0.338 e. The van der Waals surface area contributed by atoms with Crippen molar-refractivity contribution < 1.29 is 22.4 Å². The van der Waals surface area contributed by atoms with Gasteiger partial charge in [0.25, 0.3) is 0 Å². The number of hydrogen-bond donors (Lipinski definition) is 0. The summed E-state index contributed by atoms with van der Waals surface area (Å²) in [5.74, 6) is -0.278. The first-order chi connectivity index (χ1) is 10.9. The van der Waals surface area contributed by atoms with Crippen LogP contribution in [0.5, 0.6) is 0 Å². The number of oxazole rings is 1. The Morgan fingerprint density at radius 1 is 1.13 bits per heavy atom. The van der Waals surface area contributed by atoms with E-state index in [0.29, 0.717) is 17.0 Å². The van der Waals surface area contributed by atoms with Crippen molar-refractivity contribution in [3.05, 3.63) is 60.0 Å². The number of ether oxygens (including phenoxy) is 1. The van der Waals surface area contributed by atoms with Gasteiger partial charge in [-0.15, -0.1) is 0 Å². The highest BCUT2D eigenvalue weighted by atomic mass is 32.2. The molecule has 0 aliphatic carbocycles. The summed E-state index contributed by atoms with van der Waals surface area (Å²) in [4.78, 5) is 16.3. The van der Waals surface area contributed by atoms with Crippen molar-refractivity contribution in [2.24, 2.45) is 0 Å². The summed E-state index contributed by atoms with van der Waals surface area (Å²) < 4.78 is 33.3. The zero-order chi connectivity index (χ0) is 16.4. The summed E-state index contributed by atoms with van der Waals surface area (Å²) >= 11 is 0. The Morgan fingerprint density at radius 3 is 2.48 bits per heavy atom. The van der Waals surface area contributed by atoms with Crippen molar-refractivity contribution >= 4 is 26.9 Å². The number of aromatic nitrogens is 1. The average Bonchev–Trinajstić information content (AvgIpc) is 2.95. The fraction of sp³-hybridized carbons (Fsp3) is 0.125. The third-order valence-electron chi connectivity index (χ3n) is 3.18. The number of rotatable bonds is 4. The molecule has 0 amide bonds. The third kappa shape index (κ3) is 3.40. The van der Waals surface area contributed by atoms with Gasteiger partial charge >= 0.3 is 5.97 Å². The highest BCUT2D eigenvalue weighted by molar-refractivity contribution is 7.90.